The average molecular weight is 650 g/mol. The molecule has 9 nitrogen and oxygen atoms in total. The van der Waals surface area contributed by atoms with Crippen molar-refractivity contribution in [3.8, 4) is 5.75 Å². The molecule has 3 fully saturated rings. The minimum Gasteiger partial charge on any atom is -0.494 e. The molecule has 3 heterocycles. The van der Waals surface area contributed by atoms with Crippen molar-refractivity contribution < 1.29 is 29.0 Å². The second-order valence-electron chi connectivity index (χ2n) is 12.2. The lowest BCUT2D eigenvalue weighted by Crippen LogP contribution is -2.57. The van der Waals surface area contributed by atoms with E-state index in [1.807, 2.05) is 50.2 Å². The third kappa shape index (κ3) is 5.96. The van der Waals surface area contributed by atoms with Crippen LogP contribution >= 0.6 is 11.6 Å². The number of carbonyl (C=O) groups is 3. The van der Waals surface area contributed by atoms with Gasteiger partial charge in [0.25, 0.3) is 5.91 Å². The Morgan fingerprint density at radius 1 is 1.09 bits per heavy atom. The Morgan fingerprint density at radius 2 is 1.80 bits per heavy atom. The van der Waals surface area contributed by atoms with E-state index in [1.165, 1.54) is 0 Å². The number of para-hydroxylation sites is 1. The second kappa shape index (κ2) is 14.4. The second-order valence-corrected chi connectivity index (χ2v) is 12.6. The van der Waals surface area contributed by atoms with Crippen LogP contribution in [-0.2, 0) is 19.1 Å². The normalized spacial score (nSPS) is 24.5. The molecule has 2 aromatic carbocycles. The van der Waals surface area contributed by atoms with Crippen molar-refractivity contribution in [1.82, 2.24) is 4.90 Å². The summed E-state index contributed by atoms with van der Waals surface area (Å²) in [5.41, 5.74) is 0.879. The highest BCUT2D eigenvalue weighted by Gasteiger charge is 2.75. The number of halogens is 1. The van der Waals surface area contributed by atoms with Crippen molar-refractivity contribution in [2.45, 2.75) is 63.7 Å². The summed E-state index contributed by atoms with van der Waals surface area (Å²) < 4.78 is 12.3. The van der Waals surface area contributed by atoms with Crippen molar-refractivity contribution in [3.05, 3.63) is 78.4 Å². The number of aliphatic hydroxyl groups is 1. The molecule has 3 aliphatic rings. The number of fused-ring (bicyclic) bond motifs is 1. The highest BCUT2D eigenvalue weighted by molar-refractivity contribution is 6.34. The number of hydrogen-bond acceptors (Lipinski definition) is 6. The monoisotopic (exact) mass is 649 g/mol. The largest absolute Gasteiger partial charge is 0.494 e. The SMILES string of the molecule is C=CCN(C(=O)[C@@H]1[C@@H]2CCC3(O2)C(C(=O)N(CC=C)c2c(C)cccc2Cl)N(CCCCCO)C(=O)[C@H]13)c1ccc(OCC)cc1. The molecule has 3 amide bonds. The molecule has 3 saturated heterocycles. The zero-order valence-corrected chi connectivity index (χ0v) is 27.5. The Hall–Kier alpha value is -3.66. The van der Waals surface area contributed by atoms with E-state index in [2.05, 4.69) is 13.2 Å². The number of aliphatic hydroxyl groups excluding tert-OH is 1. The summed E-state index contributed by atoms with van der Waals surface area (Å²) in [5, 5.41) is 9.78. The van der Waals surface area contributed by atoms with E-state index < -0.39 is 29.6 Å². The summed E-state index contributed by atoms with van der Waals surface area (Å²) in [5.74, 6) is -1.67. The number of ether oxygens (including phenoxy) is 2. The molecule has 2 bridgehead atoms. The van der Waals surface area contributed by atoms with Crippen LogP contribution in [0, 0.1) is 18.8 Å². The summed E-state index contributed by atoms with van der Waals surface area (Å²) in [4.78, 5) is 48.7. The van der Waals surface area contributed by atoms with E-state index in [1.54, 1.807) is 32.9 Å². The first-order valence-electron chi connectivity index (χ1n) is 16.2. The van der Waals surface area contributed by atoms with E-state index in [0.717, 1.165) is 5.56 Å². The molecule has 5 atom stereocenters. The van der Waals surface area contributed by atoms with Gasteiger partial charge in [-0.05, 0) is 81.8 Å². The first-order valence-corrected chi connectivity index (χ1v) is 16.5. The Morgan fingerprint density at radius 3 is 2.46 bits per heavy atom. The molecule has 10 heteroatoms. The van der Waals surface area contributed by atoms with E-state index in [0.29, 0.717) is 67.4 Å². The smallest absolute Gasteiger partial charge is 0.253 e. The molecular formula is C36H44ClN3O6. The number of unbranched alkanes of at least 4 members (excludes halogenated alkanes) is 2. The number of benzene rings is 2. The molecule has 3 aliphatic heterocycles. The molecule has 0 aliphatic carbocycles. The molecule has 1 N–H and O–H groups in total. The number of amides is 3. The van der Waals surface area contributed by atoms with E-state index >= 15 is 0 Å². The number of hydrogen-bond donors (Lipinski definition) is 1. The van der Waals surface area contributed by atoms with Gasteiger partial charge in [-0.2, -0.15) is 0 Å². The van der Waals surface area contributed by atoms with Crippen LogP contribution in [0.4, 0.5) is 11.4 Å². The summed E-state index contributed by atoms with van der Waals surface area (Å²) in [6, 6.07) is 11.8. The Kier molecular flexibility index (Phi) is 10.6. The Labute approximate surface area is 276 Å². The molecule has 246 valence electrons. The van der Waals surface area contributed by atoms with Gasteiger partial charge in [0.1, 0.15) is 17.4 Å². The minimum absolute atomic E-state index is 0.0494. The molecule has 5 rings (SSSR count). The van der Waals surface area contributed by atoms with Crippen LogP contribution in [0.2, 0.25) is 5.02 Å². The van der Waals surface area contributed by atoms with E-state index in [9.17, 15) is 19.5 Å². The van der Waals surface area contributed by atoms with Gasteiger partial charge in [0.05, 0.1) is 35.3 Å². The number of carbonyl (C=O) groups excluding carboxylic acids is 3. The van der Waals surface area contributed by atoms with Gasteiger partial charge < -0.3 is 29.3 Å². The molecule has 0 radical (unpaired) electrons. The summed E-state index contributed by atoms with van der Waals surface area (Å²) in [6.45, 7) is 12.9. The zero-order valence-electron chi connectivity index (χ0n) is 26.7. The first-order chi connectivity index (χ1) is 22.2. The predicted molar refractivity (Wildman–Crippen MR) is 179 cm³/mol. The fraction of sp³-hybridized carbons (Fsp3) is 0.472. The van der Waals surface area contributed by atoms with E-state index in [4.69, 9.17) is 21.1 Å². The van der Waals surface area contributed by atoms with Crippen LogP contribution in [0.5, 0.6) is 5.75 Å². The van der Waals surface area contributed by atoms with Crippen LogP contribution in [0.3, 0.4) is 0 Å². The van der Waals surface area contributed by atoms with Gasteiger partial charge in [-0.3, -0.25) is 14.4 Å². The number of anilines is 2. The standard InChI is InChI=1S/C36H44ClN3O6/c1-5-20-38(25-14-16-26(17-15-25)45-7-3)33(42)29-28-18-19-36(46-28)30(29)34(43)40(22-9-8-10-23-41)32(36)35(44)39(21-6-2)31-24(4)12-11-13-27(31)37/h5-6,11-17,28-30,32,41H,1-2,7-10,18-23H2,3-4H3/t28-,29+,30-,32?,36?/m0/s1. The van der Waals surface area contributed by atoms with Crippen molar-refractivity contribution in [2.24, 2.45) is 11.8 Å². The Balaban J connectivity index is 1.54. The molecule has 46 heavy (non-hydrogen) atoms. The number of likely N-dealkylation sites (tertiary alicyclic amines) is 1. The summed E-state index contributed by atoms with van der Waals surface area (Å²) >= 11 is 6.67. The first kappa shape index (κ1) is 33.7. The minimum atomic E-state index is -1.16. The van der Waals surface area contributed by atoms with Gasteiger partial charge >= 0.3 is 0 Å². The lowest BCUT2D eigenvalue weighted by Gasteiger charge is -2.37. The van der Waals surface area contributed by atoms with Crippen LogP contribution < -0.4 is 14.5 Å². The maximum absolute atomic E-state index is 14.8. The summed E-state index contributed by atoms with van der Waals surface area (Å²) in [6.07, 6.45) is 5.72. The fourth-order valence-corrected chi connectivity index (χ4v) is 7.90. The van der Waals surface area contributed by atoms with Crippen molar-refractivity contribution in [1.29, 1.82) is 0 Å². The molecule has 0 saturated carbocycles. The number of aryl methyl sites for hydroxylation is 1. The molecule has 2 unspecified atom stereocenters. The quantitative estimate of drug-likeness (QED) is 0.207. The van der Waals surface area contributed by atoms with Crippen molar-refractivity contribution in [2.75, 3.05) is 42.6 Å². The average Bonchev–Trinajstić information content (AvgIpc) is 3.69. The van der Waals surface area contributed by atoms with Gasteiger partial charge in [0, 0.05) is 31.9 Å². The van der Waals surface area contributed by atoms with Crippen molar-refractivity contribution >= 4 is 40.7 Å². The van der Waals surface area contributed by atoms with Crippen LogP contribution in [-0.4, -0.2) is 78.3 Å². The topological polar surface area (TPSA) is 99.6 Å². The molecule has 0 aromatic heterocycles. The fourth-order valence-electron chi connectivity index (χ4n) is 7.58. The van der Waals surface area contributed by atoms with Gasteiger partial charge in [-0.1, -0.05) is 35.9 Å². The van der Waals surface area contributed by atoms with Crippen LogP contribution in [0.15, 0.2) is 67.8 Å². The molecule has 2 aromatic rings. The highest BCUT2D eigenvalue weighted by Crippen LogP contribution is 2.59. The third-order valence-corrected chi connectivity index (χ3v) is 9.75. The van der Waals surface area contributed by atoms with Gasteiger partial charge in [-0.15, -0.1) is 13.2 Å². The van der Waals surface area contributed by atoms with Crippen LogP contribution in [0.1, 0.15) is 44.6 Å². The van der Waals surface area contributed by atoms with Crippen LogP contribution in [0.25, 0.3) is 0 Å². The van der Waals surface area contributed by atoms with Gasteiger partial charge in [-0.25, -0.2) is 0 Å². The summed E-state index contributed by atoms with van der Waals surface area (Å²) in [7, 11) is 0. The van der Waals surface area contributed by atoms with E-state index in [-0.39, 0.29) is 37.4 Å². The predicted octanol–water partition coefficient (Wildman–Crippen LogP) is 5.32. The zero-order chi connectivity index (χ0) is 33.0. The maximum atomic E-state index is 14.8. The van der Waals surface area contributed by atoms with Gasteiger partial charge in [0.15, 0.2) is 0 Å². The number of nitrogens with zero attached hydrogens (tertiary/aromatic N) is 3. The number of rotatable bonds is 15. The maximum Gasteiger partial charge on any atom is 0.253 e. The van der Waals surface area contributed by atoms with Gasteiger partial charge in [0.2, 0.25) is 11.8 Å². The molecular weight excluding hydrogens is 606 g/mol. The lowest BCUT2D eigenvalue weighted by atomic mass is 9.70. The van der Waals surface area contributed by atoms with Crippen molar-refractivity contribution in [3.63, 3.8) is 0 Å². The molecule has 1 spiro atoms. The third-order valence-electron chi connectivity index (χ3n) is 9.45. The Bertz CT molecular complexity index is 1440. The highest BCUT2D eigenvalue weighted by atomic mass is 35.5. The lowest BCUT2D eigenvalue weighted by molar-refractivity contribution is -0.140.